The van der Waals surface area contributed by atoms with Crippen molar-refractivity contribution in [2.24, 2.45) is 5.92 Å². The minimum absolute atomic E-state index is 0.203. The van der Waals surface area contributed by atoms with Crippen LogP contribution in [0.2, 0.25) is 0 Å². The van der Waals surface area contributed by atoms with Gasteiger partial charge in [0, 0.05) is 6.42 Å². The molecule has 1 aliphatic heterocycles. The number of ketones is 2. The summed E-state index contributed by atoms with van der Waals surface area (Å²) in [4.78, 5) is 24.0. The molecule has 170 valence electrons. The van der Waals surface area contributed by atoms with Crippen LogP contribution in [0.25, 0.3) is 0 Å². The lowest BCUT2D eigenvalue weighted by Crippen LogP contribution is -2.36. The summed E-state index contributed by atoms with van der Waals surface area (Å²) >= 11 is 0. The first-order chi connectivity index (χ1) is 14.5. The van der Waals surface area contributed by atoms with Crippen LogP contribution >= 0.6 is 0 Å². The van der Waals surface area contributed by atoms with E-state index in [1.165, 1.54) is 5.57 Å². The van der Waals surface area contributed by atoms with Crippen molar-refractivity contribution in [3.8, 4) is 11.5 Å². The monoisotopic (exact) mass is 426 g/mol. The zero-order valence-electron chi connectivity index (χ0n) is 20.0. The molecule has 0 unspecified atom stereocenters. The minimum Gasteiger partial charge on any atom is -0.508 e. The Labute approximate surface area is 187 Å². The van der Waals surface area contributed by atoms with E-state index in [9.17, 15) is 14.7 Å². The molecule has 1 atom stereocenters. The standard InChI is InChI=1S/C27H38O4/c1-18(2)15-24(29)25(30)20(4)11-7-9-19(3)10-8-13-27(6)14-12-22-17-23(28)16-21(5)26(22)31-27/h10-11,16-18,28H,7-9,12-15H2,1-6H3/b19-10+,20-11+/t27-/m1/s1. The highest BCUT2D eigenvalue weighted by Crippen LogP contribution is 2.39. The number of carbonyl (C=O) groups excluding carboxylic acids is 2. The van der Waals surface area contributed by atoms with Gasteiger partial charge in [0.2, 0.25) is 11.6 Å². The number of phenols is 1. The minimum atomic E-state index is -0.346. The van der Waals surface area contributed by atoms with Crippen molar-refractivity contribution in [1.82, 2.24) is 0 Å². The molecule has 1 heterocycles. The fourth-order valence-corrected chi connectivity index (χ4v) is 4.05. The summed E-state index contributed by atoms with van der Waals surface area (Å²) < 4.78 is 6.36. The number of hydrogen-bond donors (Lipinski definition) is 1. The number of carbonyl (C=O) groups is 2. The Kier molecular flexibility index (Phi) is 8.67. The highest BCUT2D eigenvalue weighted by atomic mass is 16.5. The summed E-state index contributed by atoms with van der Waals surface area (Å²) in [5.41, 5.74) is 3.71. The number of allylic oxidation sites excluding steroid dienone is 4. The summed E-state index contributed by atoms with van der Waals surface area (Å²) in [6.45, 7) is 11.9. The maximum absolute atomic E-state index is 12.1. The Morgan fingerprint density at radius 1 is 1.19 bits per heavy atom. The molecular weight excluding hydrogens is 388 g/mol. The van der Waals surface area contributed by atoms with Crippen LogP contribution in [0.3, 0.4) is 0 Å². The van der Waals surface area contributed by atoms with Crippen molar-refractivity contribution in [3.05, 3.63) is 46.6 Å². The number of benzene rings is 1. The SMILES string of the molecule is C/C(=C\CC[C@]1(C)CCc2cc(O)cc(C)c2O1)CC/C=C(\C)C(=O)C(=O)CC(C)C. The molecule has 0 amide bonds. The molecule has 1 aromatic rings. The van der Waals surface area contributed by atoms with Crippen molar-refractivity contribution in [1.29, 1.82) is 0 Å². The van der Waals surface area contributed by atoms with E-state index in [4.69, 9.17) is 4.74 Å². The maximum atomic E-state index is 12.1. The predicted molar refractivity (Wildman–Crippen MR) is 126 cm³/mol. The molecule has 31 heavy (non-hydrogen) atoms. The van der Waals surface area contributed by atoms with Crippen LogP contribution in [0.5, 0.6) is 11.5 Å². The van der Waals surface area contributed by atoms with Crippen molar-refractivity contribution >= 4 is 11.6 Å². The fraction of sp³-hybridized carbons (Fsp3) is 0.556. The first kappa shape index (κ1) is 24.9. The average molecular weight is 427 g/mol. The van der Waals surface area contributed by atoms with Gasteiger partial charge in [-0.05, 0) is 101 Å². The summed E-state index contributed by atoms with van der Waals surface area (Å²) in [5.74, 6) is 0.793. The van der Waals surface area contributed by atoms with Crippen molar-refractivity contribution in [3.63, 3.8) is 0 Å². The molecule has 1 aromatic carbocycles. The van der Waals surface area contributed by atoms with Crippen molar-refractivity contribution in [2.45, 2.75) is 92.1 Å². The normalized spacial score (nSPS) is 19.2. The highest BCUT2D eigenvalue weighted by molar-refractivity contribution is 6.43. The van der Waals surface area contributed by atoms with Gasteiger partial charge >= 0.3 is 0 Å². The van der Waals surface area contributed by atoms with Crippen LogP contribution in [0.15, 0.2) is 35.4 Å². The number of aromatic hydroxyl groups is 1. The second-order valence-corrected chi connectivity index (χ2v) is 9.67. The number of phenolic OH excluding ortho intramolecular Hbond substituents is 1. The third-order valence-corrected chi connectivity index (χ3v) is 5.97. The average Bonchev–Trinajstić information content (AvgIpc) is 2.67. The van der Waals surface area contributed by atoms with Crippen LogP contribution in [0.1, 0.15) is 84.3 Å². The molecule has 0 saturated heterocycles. The number of rotatable bonds is 10. The largest absolute Gasteiger partial charge is 0.508 e. The molecule has 0 aromatic heterocycles. The fourth-order valence-electron chi connectivity index (χ4n) is 4.05. The van der Waals surface area contributed by atoms with Gasteiger partial charge in [0.25, 0.3) is 0 Å². The molecule has 4 heteroatoms. The molecule has 0 saturated carbocycles. The van der Waals surface area contributed by atoms with Gasteiger partial charge in [-0.2, -0.15) is 0 Å². The maximum Gasteiger partial charge on any atom is 0.223 e. The molecule has 4 nitrogen and oxygen atoms in total. The first-order valence-corrected chi connectivity index (χ1v) is 11.4. The van der Waals surface area contributed by atoms with Crippen LogP contribution in [0, 0.1) is 12.8 Å². The number of fused-ring (bicyclic) bond motifs is 1. The van der Waals surface area contributed by atoms with Crippen LogP contribution in [0.4, 0.5) is 0 Å². The lowest BCUT2D eigenvalue weighted by Gasteiger charge is -2.36. The molecule has 1 aliphatic rings. The summed E-state index contributed by atoms with van der Waals surface area (Å²) in [6.07, 6.45) is 9.81. The van der Waals surface area contributed by atoms with Crippen molar-refractivity contribution in [2.75, 3.05) is 0 Å². The number of ether oxygens (including phenoxy) is 1. The van der Waals surface area contributed by atoms with Crippen LogP contribution in [-0.4, -0.2) is 22.3 Å². The van der Waals surface area contributed by atoms with Crippen LogP contribution in [-0.2, 0) is 16.0 Å². The summed E-state index contributed by atoms with van der Waals surface area (Å²) in [5, 5.41) is 9.80. The zero-order valence-corrected chi connectivity index (χ0v) is 20.0. The van der Waals surface area contributed by atoms with Gasteiger partial charge in [-0.15, -0.1) is 0 Å². The number of hydrogen-bond acceptors (Lipinski definition) is 4. The number of Topliss-reactive ketones (excluding diaryl/α,β-unsaturated/α-hetero) is 2. The molecule has 1 N–H and O–H groups in total. The molecule has 0 radical (unpaired) electrons. The lowest BCUT2D eigenvalue weighted by atomic mass is 9.87. The van der Waals surface area contributed by atoms with E-state index in [0.29, 0.717) is 17.7 Å². The third-order valence-electron chi connectivity index (χ3n) is 5.97. The molecule has 0 spiro atoms. The van der Waals surface area contributed by atoms with E-state index >= 15 is 0 Å². The van der Waals surface area contributed by atoms with Gasteiger partial charge in [-0.1, -0.05) is 31.6 Å². The Morgan fingerprint density at radius 3 is 2.58 bits per heavy atom. The number of aryl methyl sites for hydroxylation is 2. The van der Waals surface area contributed by atoms with Crippen molar-refractivity contribution < 1.29 is 19.4 Å². The second kappa shape index (κ2) is 10.8. The van der Waals surface area contributed by atoms with E-state index < -0.39 is 0 Å². The first-order valence-electron chi connectivity index (χ1n) is 11.4. The smallest absolute Gasteiger partial charge is 0.223 e. The summed E-state index contributed by atoms with van der Waals surface area (Å²) in [7, 11) is 0. The van der Waals surface area contributed by atoms with Gasteiger partial charge < -0.3 is 9.84 Å². The predicted octanol–water partition coefficient (Wildman–Crippen LogP) is 6.42. The Bertz CT molecular complexity index is 875. The quantitative estimate of drug-likeness (QED) is 0.266. The van der Waals surface area contributed by atoms with E-state index in [1.54, 1.807) is 13.0 Å². The zero-order chi connectivity index (χ0) is 23.2. The summed E-state index contributed by atoms with van der Waals surface area (Å²) in [6, 6.07) is 3.56. The molecule has 0 aliphatic carbocycles. The van der Waals surface area contributed by atoms with E-state index in [1.807, 2.05) is 32.9 Å². The van der Waals surface area contributed by atoms with Gasteiger partial charge in [-0.25, -0.2) is 0 Å². The molecule has 0 bridgehead atoms. The molecular formula is C27H38O4. The Balaban J connectivity index is 1.83. The third kappa shape index (κ3) is 7.37. The van der Waals surface area contributed by atoms with E-state index in [0.717, 1.165) is 55.4 Å². The van der Waals surface area contributed by atoms with E-state index in [-0.39, 0.29) is 23.1 Å². The van der Waals surface area contributed by atoms with Gasteiger partial charge in [0.1, 0.15) is 17.1 Å². The molecule has 0 fully saturated rings. The topological polar surface area (TPSA) is 63.6 Å². The lowest BCUT2D eigenvalue weighted by molar-refractivity contribution is -0.134. The Morgan fingerprint density at radius 2 is 1.90 bits per heavy atom. The van der Waals surface area contributed by atoms with Gasteiger partial charge in [-0.3, -0.25) is 9.59 Å². The Hall–Kier alpha value is -2.36. The second-order valence-electron chi connectivity index (χ2n) is 9.67. The van der Waals surface area contributed by atoms with Crippen LogP contribution < -0.4 is 4.74 Å². The van der Waals surface area contributed by atoms with Gasteiger partial charge in [0.15, 0.2) is 0 Å². The van der Waals surface area contributed by atoms with E-state index in [2.05, 4.69) is 19.9 Å². The molecule has 2 rings (SSSR count). The van der Waals surface area contributed by atoms with Gasteiger partial charge in [0.05, 0.1) is 0 Å². The highest BCUT2D eigenvalue weighted by Gasteiger charge is 2.32.